The summed E-state index contributed by atoms with van der Waals surface area (Å²) in [4.78, 5) is 0. The second-order valence-corrected chi connectivity index (χ2v) is 2.64. The van der Waals surface area contributed by atoms with Gasteiger partial charge in [-0.05, 0) is 0 Å². The first-order valence-corrected chi connectivity index (χ1v) is 3.35. The normalized spacial score (nSPS) is 36.3. The monoisotopic (exact) mass is 146 g/mol. The van der Waals surface area contributed by atoms with Crippen LogP contribution < -0.4 is 0 Å². The van der Waals surface area contributed by atoms with Crippen molar-refractivity contribution in [2.24, 2.45) is 0 Å². The molecule has 10 heavy (non-hydrogen) atoms. The molecule has 0 radical (unpaired) electrons. The summed E-state index contributed by atoms with van der Waals surface area (Å²) in [6.07, 6.45) is -0.149. The zero-order valence-corrected chi connectivity index (χ0v) is 5.58. The largest absolute Gasteiger partial charge is 0.394 e. The van der Waals surface area contributed by atoms with Gasteiger partial charge in [0.05, 0.1) is 13.2 Å². The predicted molar refractivity (Wildman–Crippen MR) is 31.5 cm³/mol. The molecule has 1 atom stereocenters. The van der Waals surface area contributed by atoms with Crippen LogP contribution in [0.25, 0.3) is 0 Å². The minimum Gasteiger partial charge on any atom is -0.394 e. The first-order chi connectivity index (χ1) is 4.85. The van der Waals surface area contributed by atoms with Crippen LogP contribution in [0.2, 0.25) is 0 Å². The summed E-state index contributed by atoms with van der Waals surface area (Å²) < 4.78 is 15.5. The molecule has 0 aromatic carbocycles. The zero-order chi connectivity index (χ0) is 7.03. The van der Waals surface area contributed by atoms with Crippen LogP contribution in [0.3, 0.4) is 0 Å². The molecule has 2 saturated heterocycles. The van der Waals surface area contributed by atoms with E-state index in [1.807, 2.05) is 0 Å². The fourth-order valence-corrected chi connectivity index (χ4v) is 1.13. The third-order valence-corrected chi connectivity index (χ3v) is 1.76. The van der Waals surface area contributed by atoms with E-state index in [1.165, 1.54) is 0 Å². The van der Waals surface area contributed by atoms with Crippen LogP contribution in [0, 0.1) is 0 Å². The maximum atomic E-state index is 8.67. The number of hydrogen-bond donors (Lipinski definition) is 1. The molecule has 1 unspecified atom stereocenters. The van der Waals surface area contributed by atoms with Gasteiger partial charge < -0.3 is 19.3 Å². The highest BCUT2D eigenvalue weighted by atomic mass is 16.8. The molecule has 2 fully saturated rings. The van der Waals surface area contributed by atoms with Gasteiger partial charge in [0, 0.05) is 0 Å². The van der Waals surface area contributed by atoms with Gasteiger partial charge in [-0.25, -0.2) is 0 Å². The topological polar surface area (TPSA) is 47.9 Å². The maximum Gasteiger partial charge on any atom is 0.216 e. The number of ether oxygens (including phenoxy) is 3. The first kappa shape index (κ1) is 6.54. The molecule has 0 aromatic heterocycles. The van der Waals surface area contributed by atoms with Gasteiger partial charge in [0.2, 0.25) is 5.79 Å². The summed E-state index contributed by atoms with van der Waals surface area (Å²) in [5, 5.41) is 8.67. The van der Waals surface area contributed by atoms with Gasteiger partial charge >= 0.3 is 0 Å². The Morgan fingerprint density at radius 2 is 2.30 bits per heavy atom. The summed E-state index contributed by atoms with van der Waals surface area (Å²) in [6.45, 7) is 1.52. The van der Waals surface area contributed by atoms with E-state index in [0.29, 0.717) is 19.8 Å². The van der Waals surface area contributed by atoms with Crippen LogP contribution in [0.15, 0.2) is 0 Å². The quantitative estimate of drug-likeness (QED) is 0.522. The van der Waals surface area contributed by atoms with E-state index >= 15 is 0 Å². The molecule has 0 amide bonds. The molecule has 0 aliphatic carbocycles. The highest BCUT2D eigenvalue weighted by Crippen LogP contribution is 2.30. The summed E-state index contributed by atoms with van der Waals surface area (Å²) in [5.74, 6) is -0.493. The molecule has 1 spiro atoms. The molecule has 2 rings (SSSR count). The summed E-state index contributed by atoms with van der Waals surface area (Å²) >= 11 is 0. The summed E-state index contributed by atoms with van der Waals surface area (Å²) in [7, 11) is 0. The van der Waals surface area contributed by atoms with Crippen molar-refractivity contribution in [2.75, 3.05) is 26.4 Å². The van der Waals surface area contributed by atoms with Gasteiger partial charge in [-0.2, -0.15) is 0 Å². The number of rotatable bonds is 1. The van der Waals surface area contributed by atoms with E-state index < -0.39 is 5.79 Å². The van der Waals surface area contributed by atoms with Crippen LogP contribution in [0.5, 0.6) is 0 Å². The molecule has 0 saturated carbocycles. The SMILES string of the molecule is OCC1COC2(COC2)O1. The average molecular weight is 146 g/mol. The number of aliphatic hydroxyl groups is 1. The van der Waals surface area contributed by atoms with Crippen LogP contribution in [-0.2, 0) is 14.2 Å². The highest BCUT2D eigenvalue weighted by molar-refractivity contribution is 4.84. The van der Waals surface area contributed by atoms with Gasteiger partial charge in [-0.15, -0.1) is 0 Å². The molecule has 2 aliphatic rings. The minimum atomic E-state index is -0.493. The third-order valence-electron chi connectivity index (χ3n) is 1.76. The predicted octanol–water partition coefficient (Wildman–Crippen LogP) is -0.879. The Kier molecular flexibility index (Phi) is 1.42. The fraction of sp³-hybridized carbons (Fsp3) is 1.00. The number of aliphatic hydroxyl groups excluding tert-OH is 1. The number of hydrogen-bond acceptors (Lipinski definition) is 4. The summed E-state index contributed by atoms with van der Waals surface area (Å²) in [5.41, 5.74) is 0. The lowest BCUT2D eigenvalue weighted by Gasteiger charge is -2.35. The van der Waals surface area contributed by atoms with Crippen molar-refractivity contribution in [3.05, 3.63) is 0 Å². The molecule has 2 aliphatic heterocycles. The van der Waals surface area contributed by atoms with E-state index in [0.717, 1.165) is 0 Å². The second kappa shape index (κ2) is 2.17. The Labute approximate surface area is 58.7 Å². The molecule has 4 nitrogen and oxygen atoms in total. The van der Waals surface area contributed by atoms with Crippen molar-refractivity contribution in [1.29, 1.82) is 0 Å². The summed E-state index contributed by atoms with van der Waals surface area (Å²) in [6, 6.07) is 0. The Balaban J connectivity index is 1.92. The van der Waals surface area contributed by atoms with Crippen molar-refractivity contribution < 1.29 is 19.3 Å². The van der Waals surface area contributed by atoms with Crippen LogP contribution >= 0.6 is 0 Å². The minimum absolute atomic E-state index is 0.0295. The van der Waals surface area contributed by atoms with E-state index in [4.69, 9.17) is 19.3 Å². The first-order valence-electron chi connectivity index (χ1n) is 3.35. The zero-order valence-electron chi connectivity index (χ0n) is 5.58. The molecule has 0 bridgehead atoms. The Bertz CT molecular complexity index is 132. The lowest BCUT2D eigenvalue weighted by molar-refractivity contribution is -0.299. The molecular weight excluding hydrogens is 136 g/mol. The molecular formula is C6H10O4. The van der Waals surface area contributed by atoms with Gasteiger partial charge in [0.1, 0.15) is 19.3 Å². The van der Waals surface area contributed by atoms with Crippen LogP contribution in [0.1, 0.15) is 0 Å². The second-order valence-electron chi connectivity index (χ2n) is 2.64. The van der Waals surface area contributed by atoms with Crippen LogP contribution in [0.4, 0.5) is 0 Å². The fourth-order valence-electron chi connectivity index (χ4n) is 1.13. The van der Waals surface area contributed by atoms with E-state index in [9.17, 15) is 0 Å². The highest BCUT2D eigenvalue weighted by Gasteiger charge is 2.47. The average Bonchev–Trinajstić information content (AvgIpc) is 2.29. The lowest BCUT2D eigenvalue weighted by Crippen LogP contribution is -2.51. The molecule has 58 valence electrons. The molecule has 0 aromatic rings. The van der Waals surface area contributed by atoms with Crippen molar-refractivity contribution in [3.8, 4) is 0 Å². The molecule has 1 N–H and O–H groups in total. The van der Waals surface area contributed by atoms with Crippen molar-refractivity contribution in [3.63, 3.8) is 0 Å². The Hall–Kier alpha value is -0.160. The van der Waals surface area contributed by atoms with Gasteiger partial charge in [0.15, 0.2) is 0 Å². The van der Waals surface area contributed by atoms with Gasteiger partial charge in [-0.3, -0.25) is 0 Å². The Morgan fingerprint density at radius 1 is 1.50 bits per heavy atom. The van der Waals surface area contributed by atoms with Crippen molar-refractivity contribution in [1.82, 2.24) is 0 Å². The Morgan fingerprint density at radius 3 is 2.60 bits per heavy atom. The van der Waals surface area contributed by atoms with Crippen LogP contribution in [-0.4, -0.2) is 43.4 Å². The lowest BCUT2D eigenvalue weighted by atomic mass is 10.2. The maximum absolute atomic E-state index is 8.67. The van der Waals surface area contributed by atoms with Crippen molar-refractivity contribution in [2.45, 2.75) is 11.9 Å². The van der Waals surface area contributed by atoms with E-state index in [1.54, 1.807) is 0 Å². The molecule has 4 heteroatoms. The van der Waals surface area contributed by atoms with E-state index in [-0.39, 0.29) is 12.7 Å². The standard InChI is InChI=1S/C6H10O4/c7-1-5-2-9-6(10-5)3-8-4-6/h5,7H,1-4H2. The molecule has 2 heterocycles. The smallest absolute Gasteiger partial charge is 0.216 e. The van der Waals surface area contributed by atoms with E-state index in [2.05, 4.69) is 0 Å². The van der Waals surface area contributed by atoms with Gasteiger partial charge in [0.25, 0.3) is 0 Å². The third kappa shape index (κ3) is 0.845. The van der Waals surface area contributed by atoms with Gasteiger partial charge in [-0.1, -0.05) is 0 Å². The van der Waals surface area contributed by atoms with Crippen molar-refractivity contribution >= 4 is 0 Å².